The molecule has 4 nitrogen and oxygen atoms in total. The predicted octanol–water partition coefficient (Wildman–Crippen LogP) is 3.74. The minimum atomic E-state index is -0.928. The van der Waals surface area contributed by atoms with Crippen molar-refractivity contribution in [3.63, 3.8) is 0 Å². The number of hydrogen-bond acceptors (Lipinski definition) is 5. The first kappa shape index (κ1) is 14.0. The van der Waals surface area contributed by atoms with Crippen LogP contribution in [-0.2, 0) is 13.0 Å². The number of ether oxygens (including phenoxy) is 1. The molecule has 0 aliphatic heterocycles. The fourth-order valence-corrected chi connectivity index (χ4v) is 3.42. The van der Waals surface area contributed by atoms with Crippen LogP contribution in [0.4, 0.5) is 0 Å². The number of hydrogen-bond donors (Lipinski definition) is 1. The third-order valence-corrected chi connectivity index (χ3v) is 4.53. The van der Waals surface area contributed by atoms with Crippen LogP contribution < -0.4 is 4.74 Å². The van der Waals surface area contributed by atoms with Crippen LogP contribution in [0.25, 0.3) is 0 Å². The van der Waals surface area contributed by atoms with E-state index in [2.05, 4.69) is 11.9 Å². The van der Waals surface area contributed by atoms with Gasteiger partial charge in [0.1, 0.15) is 12.4 Å². The van der Waals surface area contributed by atoms with Gasteiger partial charge in [0.25, 0.3) is 0 Å². The van der Waals surface area contributed by atoms with Crippen LogP contribution >= 0.6 is 22.7 Å². The van der Waals surface area contributed by atoms with E-state index in [1.165, 1.54) is 11.3 Å². The average Bonchev–Trinajstić information content (AvgIpc) is 2.93. The van der Waals surface area contributed by atoms with E-state index in [0.29, 0.717) is 12.4 Å². The molecule has 0 aromatic carbocycles. The highest BCUT2D eigenvalue weighted by atomic mass is 32.1. The van der Waals surface area contributed by atoms with Crippen LogP contribution in [0.15, 0.2) is 12.3 Å². The molecule has 0 amide bonds. The highest BCUT2D eigenvalue weighted by molar-refractivity contribution is 7.14. The van der Waals surface area contributed by atoms with E-state index in [0.717, 1.165) is 27.6 Å². The summed E-state index contributed by atoms with van der Waals surface area (Å²) in [5, 5.41) is 10.1. The zero-order valence-electron chi connectivity index (χ0n) is 10.8. The Morgan fingerprint density at radius 2 is 2.21 bits per heavy atom. The molecule has 0 atom stereocenters. The van der Waals surface area contributed by atoms with Crippen molar-refractivity contribution < 1.29 is 14.6 Å². The highest BCUT2D eigenvalue weighted by Gasteiger charge is 2.16. The molecule has 2 heterocycles. The molecule has 1 N–H and O–H groups in total. The molecule has 0 saturated carbocycles. The molecule has 2 aromatic heterocycles. The monoisotopic (exact) mass is 297 g/mol. The van der Waals surface area contributed by atoms with Gasteiger partial charge in [-0.15, -0.1) is 22.7 Å². The molecular formula is C13H15NO3S2. The summed E-state index contributed by atoms with van der Waals surface area (Å²) in [5.74, 6) is -0.463. The van der Waals surface area contributed by atoms with Gasteiger partial charge >= 0.3 is 5.97 Å². The first-order valence-electron chi connectivity index (χ1n) is 6.00. The largest absolute Gasteiger partial charge is 0.486 e. The van der Waals surface area contributed by atoms with Crippen molar-refractivity contribution >= 4 is 28.6 Å². The first-order valence-corrected chi connectivity index (χ1v) is 7.63. The van der Waals surface area contributed by atoms with Crippen LogP contribution in [0.1, 0.15) is 37.8 Å². The van der Waals surface area contributed by atoms with Crippen LogP contribution in [0.5, 0.6) is 5.75 Å². The maximum atomic E-state index is 11.2. The minimum Gasteiger partial charge on any atom is -0.486 e. The molecular weight excluding hydrogens is 282 g/mol. The van der Waals surface area contributed by atoms with Crippen LogP contribution in [0.2, 0.25) is 0 Å². The van der Waals surface area contributed by atoms with E-state index in [9.17, 15) is 4.79 Å². The molecule has 0 unspecified atom stereocenters. The normalized spacial score (nSPS) is 10.6. The van der Waals surface area contributed by atoms with E-state index in [4.69, 9.17) is 9.84 Å². The maximum Gasteiger partial charge on any atom is 0.349 e. The standard InChI is InChI=1S/C13H15NO3S2/c1-3-4-9-5-11(12(19-9)13(15)16)17-7-10-6-14-8(2)18-10/h5-6H,3-4,7H2,1-2H3,(H,15,16). The van der Waals surface area contributed by atoms with Gasteiger partial charge in [0.2, 0.25) is 0 Å². The quantitative estimate of drug-likeness (QED) is 0.882. The lowest BCUT2D eigenvalue weighted by Gasteiger charge is -2.02. The van der Waals surface area contributed by atoms with Crippen molar-refractivity contribution in [2.45, 2.75) is 33.3 Å². The Morgan fingerprint density at radius 1 is 1.42 bits per heavy atom. The van der Waals surface area contributed by atoms with Gasteiger partial charge in [-0.1, -0.05) is 13.3 Å². The van der Waals surface area contributed by atoms with Gasteiger partial charge in [0.15, 0.2) is 4.88 Å². The van der Waals surface area contributed by atoms with Crippen molar-refractivity contribution in [3.05, 3.63) is 31.9 Å². The lowest BCUT2D eigenvalue weighted by Crippen LogP contribution is -1.98. The van der Waals surface area contributed by atoms with Gasteiger partial charge in [-0.25, -0.2) is 9.78 Å². The second kappa shape index (κ2) is 6.16. The number of aromatic carboxylic acids is 1. The molecule has 2 aromatic rings. The number of carboxylic acids is 1. The third kappa shape index (κ3) is 3.54. The van der Waals surface area contributed by atoms with Crippen molar-refractivity contribution in [2.24, 2.45) is 0 Å². The molecule has 19 heavy (non-hydrogen) atoms. The fourth-order valence-electron chi connectivity index (χ4n) is 1.67. The number of thiazole rings is 1. The highest BCUT2D eigenvalue weighted by Crippen LogP contribution is 2.31. The minimum absolute atomic E-state index is 0.282. The number of aromatic nitrogens is 1. The molecule has 0 saturated heterocycles. The summed E-state index contributed by atoms with van der Waals surface area (Å²) in [6, 6.07) is 1.84. The lowest BCUT2D eigenvalue weighted by molar-refractivity contribution is 0.0697. The summed E-state index contributed by atoms with van der Waals surface area (Å²) in [5.41, 5.74) is 0. The van der Waals surface area contributed by atoms with E-state index in [1.54, 1.807) is 17.5 Å². The Morgan fingerprint density at radius 3 is 2.79 bits per heavy atom. The number of thiophene rings is 1. The Balaban J connectivity index is 2.11. The van der Waals surface area contributed by atoms with Gasteiger partial charge in [0.05, 0.1) is 9.88 Å². The van der Waals surface area contributed by atoms with Gasteiger partial charge in [0, 0.05) is 11.1 Å². The smallest absolute Gasteiger partial charge is 0.349 e. The molecule has 6 heteroatoms. The maximum absolute atomic E-state index is 11.2. The number of aryl methyl sites for hydroxylation is 2. The second-order valence-electron chi connectivity index (χ2n) is 4.10. The summed E-state index contributed by atoms with van der Waals surface area (Å²) in [4.78, 5) is 17.7. The Kier molecular flexibility index (Phi) is 4.55. The van der Waals surface area contributed by atoms with Crippen molar-refractivity contribution in [3.8, 4) is 5.75 Å². The predicted molar refractivity (Wildman–Crippen MR) is 76.5 cm³/mol. The molecule has 0 radical (unpaired) electrons. The van der Waals surface area contributed by atoms with Crippen molar-refractivity contribution in [2.75, 3.05) is 0 Å². The third-order valence-electron chi connectivity index (χ3n) is 2.48. The van der Waals surface area contributed by atoms with Gasteiger partial charge in [-0.2, -0.15) is 0 Å². The zero-order valence-corrected chi connectivity index (χ0v) is 12.4. The molecule has 0 aliphatic carbocycles. The summed E-state index contributed by atoms with van der Waals surface area (Å²) in [6.07, 6.45) is 3.64. The van der Waals surface area contributed by atoms with Crippen LogP contribution in [0, 0.1) is 6.92 Å². The average molecular weight is 297 g/mol. The van der Waals surface area contributed by atoms with Crippen LogP contribution in [0.3, 0.4) is 0 Å². The molecule has 102 valence electrons. The number of nitrogens with zero attached hydrogens (tertiary/aromatic N) is 1. The number of carboxylic acid groups (broad SMARTS) is 1. The molecule has 0 bridgehead atoms. The summed E-state index contributed by atoms with van der Waals surface area (Å²) in [7, 11) is 0. The zero-order chi connectivity index (χ0) is 13.8. The molecule has 2 rings (SSSR count). The van der Waals surface area contributed by atoms with E-state index < -0.39 is 5.97 Å². The van der Waals surface area contributed by atoms with E-state index in [1.807, 2.05) is 13.0 Å². The number of rotatable bonds is 6. The Labute approximate surface area is 119 Å². The summed E-state index contributed by atoms with van der Waals surface area (Å²) < 4.78 is 5.62. The summed E-state index contributed by atoms with van der Waals surface area (Å²) >= 11 is 2.85. The fraction of sp³-hybridized carbons (Fsp3) is 0.385. The second-order valence-corrected chi connectivity index (χ2v) is 6.55. The molecule has 0 fully saturated rings. The Bertz CT molecular complexity index is 574. The first-order chi connectivity index (χ1) is 9.10. The van der Waals surface area contributed by atoms with Gasteiger partial charge in [-0.3, -0.25) is 0 Å². The lowest BCUT2D eigenvalue weighted by atomic mass is 10.3. The van der Waals surface area contributed by atoms with E-state index >= 15 is 0 Å². The van der Waals surface area contributed by atoms with Crippen molar-refractivity contribution in [1.29, 1.82) is 0 Å². The van der Waals surface area contributed by atoms with E-state index in [-0.39, 0.29) is 4.88 Å². The summed E-state index contributed by atoms with van der Waals surface area (Å²) in [6.45, 7) is 4.37. The SMILES string of the molecule is CCCc1cc(OCc2cnc(C)s2)c(C(=O)O)s1. The van der Waals surface area contributed by atoms with Crippen LogP contribution in [-0.4, -0.2) is 16.1 Å². The Hall–Kier alpha value is -1.40. The van der Waals surface area contributed by atoms with Crippen molar-refractivity contribution in [1.82, 2.24) is 4.98 Å². The number of carbonyl (C=O) groups is 1. The topological polar surface area (TPSA) is 59.4 Å². The van der Waals surface area contributed by atoms with Gasteiger partial charge in [-0.05, 0) is 19.4 Å². The molecule has 0 spiro atoms. The molecule has 0 aliphatic rings. The van der Waals surface area contributed by atoms with Gasteiger partial charge < -0.3 is 9.84 Å².